The summed E-state index contributed by atoms with van der Waals surface area (Å²) in [7, 11) is 0. The van der Waals surface area contributed by atoms with Crippen LogP contribution in [0.15, 0.2) is 24.4 Å². The van der Waals surface area contributed by atoms with E-state index in [1.54, 1.807) is 6.20 Å². The summed E-state index contributed by atoms with van der Waals surface area (Å²) in [6.07, 6.45) is 5.07. The number of carbonyl (C=O) groups excluding carboxylic acids is 1. The van der Waals surface area contributed by atoms with Gasteiger partial charge in [0.2, 0.25) is 5.91 Å². The molecule has 2 aliphatic heterocycles. The van der Waals surface area contributed by atoms with Gasteiger partial charge in [-0.2, -0.15) is 5.10 Å². The molecule has 0 bridgehead atoms. The molecule has 1 amide bonds. The number of nitrogens with zero attached hydrogens (tertiary/aromatic N) is 2. The highest BCUT2D eigenvalue weighted by molar-refractivity contribution is 6.30. The maximum Gasteiger partial charge on any atom is 0.227 e. The minimum absolute atomic E-state index is 0.138. The molecule has 5 nitrogen and oxygen atoms in total. The highest BCUT2D eigenvalue weighted by Gasteiger charge is 2.27. The van der Waals surface area contributed by atoms with Crippen LogP contribution in [0.5, 0.6) is 5.75 Å². The van der Waals surface area contributed by atoms with Gasteiger partial charge in [-0.15, -0.1) is 0 Å². The van der Waals surface area contributed by atoms with Gasteiger partial charge in [0.05, 0.1) is 13.0 Å². The lowest BCUT2D eigenvalue weighted by Gasteiger charge is -2.32. The summed E-state index contributed by atoms with van der Waals surface area (Å²) in [5.41, 5.74) is 3.13. The molecule has 0 spiro atoms. The van der Waals surface area contributed by atoms with Gasteiger partial charge in [-0.25, -0.2) is 0 Å². The second-order valence-corrected chi connectivity index (χ2v) is 6.96. The Hall–Kier alpha value is -2.01. The number of hydrogen-bond acceptors (Lipinski definition) is 3. The number of hydrogen-bond donors (Lipinski definition) is 1. The Kier molecular flexibility index (Phi) is 4.19. The molecule has 1 aromatic carbocycles. The van der Waals surface area contributed by atoms with Crippen LogP contribution in [0.3, 0.4) is 0 Å². The zero-order valence-corrected chi connectivity index (χ0v) is 14.2. The molecule has 126 valence electrons. The number of aromatic nitrogens is 2. The van der Waals surface area contributed by atoms with Crippen molar-refractivity contribution in [2.24, 2.45) is 0 Å². The molecule has 24 heavy (non-hydrogen) atoms. The van der Waals surface area contributed by atoms with Crippen molar-refractivity contribution in [3.8, 4) is 5.75 Å². The zero-order valence-electron chi connectivity index (χ0n) is 13.4. The van der Waals surface area contributed by atoms with Crippen molar-refractivity contribution in [2.75, 3.05) is 19.7 Å². The first-order chi connectivity index (χ1) is 11.7. The zero-order chi connectivity index (χ0) is 16.5. The number of likely N-dealkylation sites (tertiary alicyclic amines) is 1. The molecule has 1 saturated heterocycles. The third kappa shape index (κ3) is 3.00. The fourth-order valence-electron chi connectivity index (χ4n) is 3.70. The second kappa shape index (κ2) is 6.48. The van der Waals surface area contributed by atoms with Gasteiger partial charge in [-0.3, -0.25) is 9.89 Å². The van der Waals surface area contributed by atoms with Crippen LogP contribution < -0.4 is 4.74 Å². The number of benzene rings is 1. The fraction of sp³-hybridized carbons (Fsp3) is 0.444. The van der Waals surface area contributed by atoms with Gasteiger partial charge in [-0.05, 0) is 36.6 Å². The summed E-state index contributed by atoms with van der Waals surface area (Å²) in [4.78, 5) is 14.8. The molecule has 0 aliphatic carbocycles. The van der Waals surface area contributed by atoms with Crippen molar-refractivity contribution in [2.45, 2.75) is 31.6 Å². The second-order valence-electron chi connectivity index (χ2n) is 6.52. The number of aromatic amines is 1. The number of fused-ring (bicyclic) bond motifs is 1. The molecule has 1 atom stereocenters. The Labute approximate surface area is 145 Å². The Bertz CT molecular complexity index is 745. The molecule has 0 radical (unpaired) electrons. The van der Waals surface area contributed by atoms with E-state index in [1.807, 2.05) is 23.1 Å². The van der Waals surface area contributed by atoms with Crippen LogP contribution in [0, 0.1) is 0 Å². The van der Waals surface area contributed by atoms with Crippen LogP contribution in [0.1, 0.15) is 35.6 Å². The van der Waals surface area contributed by atoms with Crippen molar-refractivity contribution >= 4 is 17.5 Å². The van der Waals surface area contributed by atoms with Gasteiger partial charge >= 0.3 is 0 Å². The monoisotopic (exact) mass is 345 g/mol. The molecular formula is C18H20ClN3O2. The number of H-pyrrole nitrogens is 1. The van der Waals surface area contributed by atoms with Crippen molar-refractivity contribution in [1.29, 1.82) is 0 Å². The molecule has 6 heteroatoms. The minimum atomic E-state index is 0.138. The number of piperidine rings is 1. The van der Waals surface area contributed by atoms with Gasteiger partial charge in [0.15, 0.2) is 0 Å². The summed E-state index contributed by atoms with van der Waals surface area (Å²) in [5, 5.41) is 7.73. The van der Waals surface area contributed by atoms with E-state index in [9.17, 15) is 4.79 Å². The fourth-order valence-corrected chi connectivity index (χ4v) is 3.97. The lowest BCUT2D eigenvalue weighted by molar-refractivity contribution is -0.131. The van der Waals surface area contributed by atoms with Crippen molar-refractivity contribution < 1.29 is 9.53 Å². The summed E-state index contributed by atoms with van der Waals surface area (Å²) >= 11 is 6.20. The van der Waals surface area contributed by atoms with Gasteiger partial charge in [0, 0.05) is 47.9 Å². The number of carbonyl (C=O) groups is 1. The topological polar surface area (TPSA) is 58.2 Å². The Morgan fingerprint density at radius 2 is 2.38 bits per heavy atom. The highest BCUT2D eigenvalue weighted by atomic mass is 35.5. The third-order valence-electron chi connectivity index (χ3n) is 4.90. The number of amides is 1. The van der Waals surface area contributed by atoms with Crippen LogP contribution in [0.2, 0.25) is 5.02 Å². The first kappa shape index (κ1) is 15.5. The normalized spacial score (nSPS) is 19.9. The summed E-state index contributed by atoms with van der Waals surface area (Å²) in [6.45, 7) is 2.22. The van der Waals surface area contributed by atoms with E-state index in [0.29, 0.717) is 24.0 Å². The lowest BCUT2D eigenvalue weighted by Crippen LogP contribution is -2.40. The smallest absolute Gasteiger partial charge is 0.227 e. The van der Waals surface area contributed by atoms with Crippen molar-refractivity contribution in [1.82, 2.24) is 15.1 Å². The van der Waals surface area contributed by atoms with Crippen LogP contribution in [0.25, 0.3) is 0 Å². The molecule has 2 aromatic rings. The van der Waals surface area contributed by atoms with Crippen molar-refractivity contribution in [3.05, 3.63) is 46.2 Å². The number of nitrogens with one attached hydrogen (secondary N) is 1. The van der Waals surface area contributed by atoms with Gasteiger partial charge in [0.25, 0.3) is 0 Å². The SMILES string of the molecule is O=C(Cc1cc(Cl)cc2c1OCC2)N1CCCC(c2ccn[nH]2)C1. The number of halogens is 1. The van der Waals surface area contributed by atoms with E-state index in [2.05, 4.69) is 10.2 Å². The summed E-state index contributed by atoms with van der Waals surface area (Å²) in [6, 6.07) is 5.79. The van der Waals surface area contributed by atoms with E-state index >= 15 is 0 Å². The summed E-state index contributed by atoms with van der Waals surface area (Å²) < 4.78 is 5.71. The molecule has 4 rings (SSSR count). The average Bonchev–Trinajstić information content (AvgIpc) is 3.26. The Morgan fingerprint density at radius 3 is 3.21 bits per heavy atom. The lowest BCUT2D eigenvalue weighted by atomic mass is 9.94. The predicted molar refractivity (Wildman–Crippen MR) is 91.5 cm³/mol. The van der Waals surface area contributed by atoms with Gasteiger partial charge < -0.3 is 9.64 Å². The van der Waals surface area contributed by atoms with E-state index < -0.39 is 0 Å². The molecule has 3 heterocycles. The van der Waals surface area contributed by atoms with E-state index in [1.165, 1.54) is 0 Å². The molecule has 1 N–H and O–H groups in total. The molecule has 2 aliphatic rings. The number of rotatable bonds is 3. The quantitative estimate of drug-likeness (QED) is 0.930. The first-order valence-corrected chi connectivity index (χ1v) is 8.79. The van der Waals surface area contributed by atoms with Crippen LogP contribution in [-0.4, -0.2) is 40.7 Å². The minimum Gasteiger partial charge on any atom is -0.493 e. The maximum absolute atomic E-state index is 12.8. The van der Waals surface area contributed by atoms with Crippen LogP contribution >= 0.6 is 11.6 Å². The molecule has 1 aromatic heterocycles. The van der Waals surface area contributed by atoms with Crippen LogP contribution in [-0.2, 0) is 17.6 Å². The molecule has 1 fully saturated rings. The molecular weight excluding hydrogens is 326 g/mol. The van der Waals surface area contributed by atoms with Crippen LogP contribution in [0.4, 0.5) is 0 Å². The first-order valence-electron chi connectivity index (χ1n) is 8.42. The Balaban J connectivity index is 1.48. The van der Waals surface area contributed by atoms with Gasteiger partial charge in [0.1, 0.15) is 5.75 Å². The average molecular weight is 346 g/mol. The predicted octanol–water partition coefficient (Wildman–Crippen LogP) is 2.95. The number of ether oxygens (including phenoxy) is 1. The van der Waals surface area contributed by atoms with E-state index in [0.717, 1.165) is 54.9 Å². The van der Waals surface area contributed by atoms with E-state index in [4.69, 9.17) is 16.3 Å². The van der Waals surface area contributed by atoms with Gasteiger partial charge in [-0.1, -0.05) is 11.6 Å². The van der Waals surface area contributed by atoms with Crippen molar-refractivity contribution in [3.63, 3.8) is 0 Å². The Morgan fingerprint density at radius 1 is 1.46 bits per heavy atom. The molecule has 0 saturated carbocycles. The maximum atomic E-state index is 12.8. The largest absolute Gasteiger partial charge is 0.493 e. The molecule has 1 unspecified atom stereocenters. The third-order valence-corrected chi connectivity index (χ3v) is 5.12. The summed E-state index contributed by atoms with van der Waals surface area (Å²) in [5.74, 6) is 1.33. The standard InChI is InChI=1S/C18H20ClN3O2/c19-15-8-12-4-7-24-18(12)14(9-15)10-17(23)22-6-1-2-13(11-22)16-3-5-20-21-16/h3,5,8-9,13H,1-2,4,6-7,10-11H2,(H,20,21). The van der Waals surface area contributed by atoms with E-state index in [-0.39, 0.29) is 5.91 Å². The highest BCUT2D eigenvalue weighted by Crippen LogP contribution is 2.34.